The minimum absolute atomic E-state index is 0.0401. The zero-order valence-electron chi connectivity index (χ0n) is 15.6. The van der Waals surface area contributed by atoms with Crippen molar-refractivity contribution in [1.82, 2.24) is 0 Å². The summed E-state index contributed by atoms with van der Waals surface area (Å²) in [4.78, 5) is 35.1. The van der Waals surface area contributed by atoms with Gasteiger partial charge >= 0.3 is 5.97 Å². The van der Waals surface area contributed by atoms with Crippen LogP contribution in [0.5, 0.6) is 11.5 Å². The van der Waals surface area contributed by atoms with E-state index in [4.69, 9.17) is 9.47 Å². The molecule has 0 N–H and O–H groups in total. The summed E-state index contributed by atoms with van der Waals surface area (Å²) in [6, 6.07) is 19.6. The first-order valence-electron chi connectivity index (χ1n) is 9.07. The number of non-ortho nitro benzene ring substituents is 1. The first kappa shape index (κ1) is 19.1. The summed E-state index contributed by atoms with van der Waals surface area (Å²) < 4.78 is 11.0. The van der Waals surface area contributed by atoms with Gasteiger partial charge in [-0.25, -0.2) is 0 Å². The van der Waals surface area contributed by atoms with Gasteiger partial charge in [0.25, 0.3) is 5.69 Å². The number of ether oxygens (including phenoxy) is 2. The second kappa shape index (κ2) is 8.00. The van der Waals surface area contributed by atoms with Gasteiger partial charge in [-0.15, -0.1) is 0 Å². The second-order valence-electron chi connectivity index (χ2n) is 6.59. The molecule has 0 aliphatic carbocycles. The maximum absolute atomic E-state index is 12.6. The molecule has 1 aliphatic heterocycles. The van der Waals surface area contributed by atoms with Crippen LogP contribution in [0.4, 0.5) is 5.69 Å². The molecule has 1 heterocycles. The molecule has 7 heteroatoms. The smallest absolute Gasteiger partial charge is 0.315 e. The first-order chi connectivity index (χ1) is 14.5. The Morgan fingerprint density at radius 1 is 1.03 bits per heavy atom. The molecule has 0 spiro atoms. The van der Waals surface area contributed by atoms with E-state index in [2.05, 4.69) is 0 Å². The predicted octanol–water partition coefficient (Wildman–Crippen LogP) is 4.36. The monoisotopic (exact) mass is 401 g/mol. The van der Waals surface area contributed by atoms with E-state index in [-0.39, 0.29) is 35.1 Å². The summed E-state index contributed by atoms with van der Waals surface area (Å²) in [5.74, 6) is -0.212. The lowest BCUT2D eigenvalue weighted by molar-refractivity contribution is -0.384. The fraction of sp³-hybridized carbons (Fsp3) is 0.0435. The van der Waals surface area contributed by atoms with Crippen LogP contribution in [0.15, 0.2) is 78.6 Å². The topological polar surface area (TPSA) is 95.7 Å². The van der Waals surface area contributed by atoms with Crippen LogP contribution < -0.4 is 9.47 Å². The van der Waals surface area contributed by atoms with Crippen molar-refractivity contribution in [2.45, 2.75) is 6.42 Å². The van der Waals surface area contributed by atoms with Gasteiger partial charge in [0.05, 0.1) is 16.9 Å². The zero-order valence-corrected chi connectivity index (χ0v) is 15.6. The molecule has 3 aromatic carbocycles. The van der Waals surface area contributed by atoms with E-state index in [1.54, 1.807) is 6.07 Å². The Balaban J connectivity index is 1.50. The van der Waals surface area contributed by atoms with Gasteiger partial charge in [-0.1, -0.05) is 42.5 Å². The molecule has 7 nitrogen and oxygen atoms in total. The molecule has 0 bridgehead atoms. The lowest BCUT2D eigenvalue weighted by Gasteiger charge is -2.05. The maximum Gasteiger partial charge on any atom is 0.315 e. The largest absolute Gasteiger partial charge is 0.452 e. The molecule has 0 unspecified atom stereocenters. The van der Waals surface area contributed by atoms with Crippen LogP contribution in [-0.2, 0) is 11.2 Å². The molecule has 0 radical (unpaired) electrons. The number of nitro groups is 1. The molecule has 0 fully saturated rings. The molecule has 0 amide bonds. The van der Waals surface area contributed by atoms with Gasteiger partial charge < -0.3 is 9.47 Å². The quantitative estimate of drug-likeness (QED) is 0.207. The van der Waals surface area contributed by atoms with Crippen molar-refractivity contribution in [3.8, 4) is 11.5 Å². The lowest BCUT2D eigenvalue weighted by atomic mass is 10.1. The van der Waals surface area contributed by atoms with Crippen molar-refractivity contribution in [3.05, 3.63) is 105 Å². The maximum atomic E-state index is 12.6. The Hall–Kier alpha value is -4.26. The average molecular weight is 401 g/mol. The number of carbonyl (C=O) groups is 2. The highest BCUT2D eigenvalue weighted by Gasteiger charge is 2.28. The molecule has 148 valence electrons. The number of Topliss-reactive ketones (excluding diaryl/α,β-unsaturated/α-hetero) is 1. The van der Waals surface area contributed by atoms with Gasteiger partial charge in [-0.3, -0.25) is 19.7 Å². The summed E-state index contributed by atoms with van der Waals surface area (Å²) in [6.45, 7) is 0. The van der Waals surface area contributed by atoms with Gasteiger partial charge in [0.2, 0.25) is 5.78 Å². The summed E-state index contributed by atoms with van der Waals surface area (Å²) in [5.41, 5.74) is 1.54. The standard InChI is InChI=1S/C23H15NO6/c25-22(13-15-5-2-1-3-6-15)29-18-9-10-19-20(14-18)30-21(23(19)26)12-16-7-4-8-17(11-16)24(27)28/h1-12,14H,13H2/b21-12-. The molecule has 30 heavy (non-hydrogen) atoms. The molecule has 0 atom stereocenters. The number of ketones is 1. The predicted molar refractivity (Wildman–Crippen MR) is 108 cm³/mol. The van der Waals surface area contributed by atoms with Gasteiger partial charge in [0.15, 0.2) is 5.76 Å². The third kappa shape index (κ3) is 4.10. The fourth-order valence-electron chi connectivity index (χ4n) is 3.04. The molecule has 1 aliphatic rings. The number of carbonyl (C=O) groups excluding carboxylic acids is 2. The van der Waals surface area contributed by atoms with Crippen LogP contribution >= 0.6 is 0 Å². The van der Waals surface area contributed by atoms with Crippen molar-refractivity contribution in [3.63, 3.8) is 0 Å². The number of fused-ring (bicyclic) bond motifs is 1. The Morgan fingerprint density at radius 2 is 1.83 bits per heavy atom. The summed E-state index contributed by atoms with van der Waals surface area (Å²) in [6.07, 6.45) is 1.56. The Kier molecular flexibility index (Phi) is 5.09. The molecule has 4 rings (SSSR count). The van der Waals surface area contributed by atoms with E-state index in [1.165, 1.54) is 42.5 Å². The highest BCUT2D eigenvalue weighted by molar-refractivity contribution is 6.14. The first-order valence-corrected chi connectivity index (χ1v) is 9.07. The van der Waals surface area contributed by atoms with Crippen molar-refractivity contribution < 1.29 is 24.0 Å². The third-order valence-corrected chi connectivity index (χ3v) is 4.44. The zero-order chi connectivity index (χ0) is 21.1. The van der Waals surface area contributed by atoms with Gasteiger partial charge in [-0.05, 0) is 29.3 Å². The van der Waals surface area contributed by atoms with Crippen LogP contribution in [0.3, 0.4) is 0 Å². The van der Waals surface area contributed by atoms with Crippen molar-refractivity contribution in [1.29, 1.82) is 0 Å². The van der Waals surface area contributed by atoms with Crippen LogP contribution in [0, 0.1) is 10.1 Å². The summed E-state index contributed by atoms with van der Waals surface area (Å²) >= 11 is 0. The minimum atomic E-state index is -0.510. The molecule has 0 aromatic heterocycles. The van der Waals surface area contributed by atoms with E-state index in [0.717, 1.165) is 5.56 Å². The van der Waals surface area contributed by atoms with Crippen LogP contribution in [-0.4, -0.2) is 16.7 Å². The number of rotatable bonds is 5. The Labute approximate surface area is 171 Å². The lowest BCUT2D eigenvalue weighted by Crippen LogP contribution is -2.11. The highest BCUT2D eigenvalue weighted by Crippen LogP contribution is 2.35. The SMILES string of the molecule is O=C(Cc1ccccc1)Oc1ccc2c(c1)O/C(=C\c1cccc([N+](=O)[O-])c1)C2=O. The van der Waals surface area contributed by atoms with E-state index >= 15 is 0 Å². The number of nitrogens with zero attached hydrogens (tertiary/aromatic N) is 1. The van der Waals surface area contributed by atoms with Crippen molar-refractivity contribution in [2.24, 2.45) is 0 Å². The minimum Gasteiger partial charge on any atom is -0.452 e. The number of esters is 1. The van der Waals surface area contributed by atoms with Gasteiger partial charge in [-0.2, -0.15) is 0 Å². The van der Waals surface area contributed by atoms with Crippen LogP contribution in [0.25, 0.3) is 6.08 Å². The Morgan fingerprint density at radius 3 is 2.60 bits per heavy atom. The summed E-state index contributed by atoms with van der Waals surface area (Å²) in [7, 11) is 0. The normalized spacial score (nSPS) is 13.6. The van der Waals surface area contributed by atoms with E-state index in [9.17, 15) is 19.7 Å². The number of hydrogen-bond acceptors (Lipinski definition) is 6. The van der Waals surface area contributed by atoms with E-state index < -0.39 is 10.9 Å². The Bertz CT molecular complexity index is 1180. The second-order valence-corrected chi connectivity index (χ2v) is 6.59. The van der Waals surface area contributed by atoms with Crippen molar-refractivity contribution in [2.75, 3.05) is 0 Å². The van der Waals surface area contributed by atoms with Gasteiger partial charge in [0, 0.05) is 18.2 Å². The van der Waals surface area contributed by atoms with Crippen LogP contribution in [0.1, 0.15) is 21.5 Å². The number of hydrogen-bond donors (Lipinski definition) is 0. The number of nitro benzene ring substituents is 1. The van der Waals surface area contributed by atoms with Crippen molar-refractivity contribution >= 4 is 23.5 Å². The van der Waals surface area contributed by atoms with Crippen LogP contribution in [0.2, 0.25) is 0 Å². The molecular weight excluding hydrogens is 386 g/mol. The number of benzene rings is 3. The molecule has 3 aromatic rings. The molecular formula is C23H15NO6. The van der Waals surface area contributed by atoms with E-state index in [0.29, 0.717) is 11.1 Å². The van der Waals surface area contributed by atoms with Gasteiger partial charge in [0.1, 0.15) is 11.5 Å². The highest BCUT2D eigenvalue weighted by atomic mass is 16.6. The molecule has 0 saturated carbocycles. The summed E-state index contributed by atoms with van der Waals surface area (Å²) in [5, 5.41) is 10.9. The van der Waals surface area contributed by atoms with E-state index in [1.807, 2.05) is 30.3 Å². The third-order valence-electron chi connectivity index (χ3n) is 4.44. The molecule has 0 saturated heterocycles. The fourth-order valence-corrected chi connectivity index (χ4v) is 3.04. The number of allylic oxidation sites excluding steroid dienone is 1. The average Bonchev–Trinajstić information content (AvgIpc) is 3.03.